The molecule has 0 spiro atoms. The van der Waals surface area contributed by atoms with Gasteiger partial charge in [0.25, 0.3) is 11.6 Å². The molecule has 0 atom stereocenters. The lowest BCUT2D eigenvalue weighted by atomic mass is 10.0. The zero-order valence-corrected chi connectivity index (χ0v) is 10.0. The first-order chi connectivity index (χ1) is 9.16. The molecule has 3 aromatic rings. The van der Waals surface area contributed by atoms with E-state index in [0.717, 1.165) is 5.39 Å². The molecule has 2 aromatic carbocycles. The molecule has 0 radical (unpaired) electrons. The Balaban J connectivity index is 2.33. The summed E-state index contributed by atoms with van der Waals surface area (Å²) >= 11 is 0. The van der Waals surface area contributed by atoms with Gasteiger partial charge in [-0.3, -0.25) is 10.1 Å². The Kier molecular flexibility index (Phi) is 2.49. The molecule has 1 heterocycles. The van der Waals surface area contributed by atoms with Crippen LogP contribution in [0.2, 0.25) is 0 Å². The summed E-state index contributed by atoms with van der Waals surface area (Å²) in [6, 6.07) is 10.2. The number of non-ortho nitro benzene ring substituents is 1. The van der Waals surface area contributed by atoms with Crippen LogP contribution in [0.15, 0.2) is 40.9 Å². The Morgan fingerprint density at radius 3 is 2.58 bits per heavy atom. The Hall–Kier alpha value is -2.76. The number of fused-ring (bicyclic) bond motifs is 1. The lowest BCUT2D eigenvalue weighted by Gasteiger charge is -2.02. The second kappa shape index (κ2) is 4.16. The number of aryl methyl sites for hydroxylation is 1. The van der Waals surface area contributed by atoms with E-state index >= 15 is 0 Å². The molecule has 0 fully saturated rings. The van der Waals surface area contributed by atoms with Crippen LogP contribution in [0.1, 0.15) is 5.82 Å². The third-order valence-corrected chi connectivity index (χ3v) is 2.85. The average molecular weight is 255 g/mol. The highest BCUT2D eigenvalue weighted by molar-refractivity contribution is 5.99. The van der Waals surface area contributed by atoms with Crippen LogP contribution in [0.3, 0.4) is 0 Å². The predicted octanol–water partition coefficient (Wildman–Crippen LogP) is 3.11. The van der Waals surface area contributed by atoms with Gasteiger partial charge in [-0.15, -0.1) is 0 Å². The molecule has 0 saturated carbocycles. The highest BCUT2D eigenvalue weighted by atomic mass is 16.6. The first-order valence-corrected chi connectivity index (χ1v) is 5.63. The number of nitro benzene ring substituents is 1. The van der Waals surface area contributed by atoms with Gasteiger partial charge in [-0.1, -0.05) is 23.4 Å². The van der Waals surface area contributed by atoms with Crippen LogP contribution in [0.25, 0.3) is 22.2 Å². The summed E-state index contributed by atoms with van der Waals surface area (Å²) in [4.78, 5) is 14.8. The first-order valence-electron chi connectivity index (χ1n) is 5.63. The molecule has 6 nitrogen and oxygen atoms in total. The summed E-state index contributed by atoms with van der Waals surface area (Å²) in [7, 11) is 0. The van der Waals surface area contributed by atoms with Crippen molar-refractivity contribution in [2.45, 2.75) is 6.92 Å². The topological polar surface area (TPSA) is 82.1 Å². The maximum Gasteiger partial charge on any atom is 0.277 e. The maximum absolute atomic E-state index is 11.0. The maximum atomic E-state index is 11.0. The van der Waals surface area contributed by atoms with Gasteiger partial charge in [0.2, 0.25) is 0 Å². The molecular formula is C13H9N3O3. The van der Waals surface area contributed by atoms with E-state index in [9.17, 15) is 10.1 Å². The molecule has 19 heavy (non-hydrogen) atoms. The van der Waals surface area contributed by atoms with Crippen molar-refractivity contribution in [2.75, 3.05) is 0 Å². The molecule has 0 aliphatic rings. The molecule has 0 N–H and O–H groups in total. The summed E-state index contributed by atoms with van der Waals surface area (Å²) in [6.07, 6.45) is 0. The number of aromatic nitrogens is 2. The molecule has 0 saturated heterocycles. The third-order valence-electron chi connectivity index (χ3n) is 2.85. The molecule has 0 aliphatic heterocycles. The lowest BCUT2D eigenvalue weighted by molar-refractivity contribution is -0.383. The van der Waals surface area contributed by atoms with Crippen molar-refractivity contribution in [1.82, 2.24) is 10.1 Å². The highest BCUT2D eigenvalue weighted by Gasteiger charge is 2.16. The smallest absolute Gasteiger partial charge is 0.277 e. The van der Waals surface area contributed by atoms with Crippen molar-refractivity contribution in [3.05, 3.63) is 52.3 Å². The van der Waals surface area contributed by atoms with Crippen LogP contribution >= 0.6 is 0 Å². The van der Waals surface area contributed by atoms with Crippen LogP contribution in [0, 0.1) is 17.0 Å². The van der Waals surface area contributed by atoms with E-state index < -0.39 is 4.92 Å². The van der Waals surface area contributed by atoms with E-state index in [1.165, 1.54) is 6.07 Å². The van der Waals surface area contributed by atoms with Crippen LogP contribution < -0.4 is 0 Å². The van der Waals surface area contributed by atoms with E-state index in [1.807, 2.05) is 0 Å². The number of nitro groups is 1. The van der Waals surface area contributed by atoms with E-state index in [-0.39, 0.29) is 5.69 Å². The fourth-order valence-corrected chi connectivity index (χ4v) is 2.05. The standard InChI is InChI=1S/C13H9N3O3/c1-8-14-13(19-15-8)11-6-2-5-10-9(11)4-3-7-12(10)16(17)18/h2-7H,1H3. The summed E-state index contributed by atoms with van der Waals surface area (Å²) in [5.74, 6) is 0.890. The van der Waals surface area contributed by atoms with Crippen LogP contribution in [0.5, 0.6) is 0 Å². The van der Waals surface area contributed by atoms with Gasteiger partial charge in [0.1, 0.15) is 0 Å². The van der Waals surface area contributed by atoms with Gasteiger partial charge in [0.15, 0.2) is 5.82 Å². The molecule has 3 rings (SSSR count). The van der Waals surface area contributed by atoms with Crippen molar-refractivity contribution in [3.8, 4) is 11.5 Å². The fourth-order valence-electron chi connectivity index (χ4n) is 2.05. The molecule has 0 aliphatic carbocycles. The van der Waals surface area contributed by atoms with E-state index in [0.29, 0.717) is 22.7 Å². The van der Waals surface area contributed by atoms with Gasteiger partial charge in [0, 0.05) is 17.0 Å². The summed E-state index contributed by atoms with van der Waals surface area (Å²) < 4.78 is 5.13. The Morgan fingerprint density at radius 1 is 1.16 bits per heavy atom. The Labute approximate surface area is 107 Å². The molecule has 0 amide bonds. The SMILES string of the molecule is Cc1noc(-c2cccc3c([N+](=O)[O-])cccc23)n1. The number of hydrogen-bond acceptors (Lipinski definition) is 5. The van der Waals surface area contributed by atoms with Crippen LogP contribution in [-0.4, -0.2) is 15.1 Å². The zero-order valence-electron chi connectivity index (χ0n) is 10.0. The van der Waals surface area contributed by atoms with Gasteiger partial charge in [-0.25, -0.2) is 0 Å². The molecule has 0 bridgehead atoms. The molecule has 94 valence electrons. The highest BCUT2D eigenvalue weighted by Crippen LogP contribution is 2.32. The van der Waals surface area contributed by atoms with E-state index in [4.69, 9.17) is 4.52 Å². The molecule has 0 unspecified atom stereocenters. The molecule has 6 heteroatoms. The second-order valence-electron chi connectivity index (χ2n) is 4.08. The van der Waals surface area contributed by atoms with E-state index in [2.05, 4.69) is 10.1 Å². The van der Waals surface area contributed by atoms with Gasteiger partial charge in [-0.05, 0) is 19.1 Å². The van der Waals surface area contributed by atoms with Gasteiger partial charge in [-0.2, -0.15) is 4.98 Å². The van der Waals surface area contributed by atoms with Crippen LogP contribution in [0.4, 0.5) is 5.69 Å². The summed E-state index contributed by atoms with van der Waals surface area (Å²) in [5, 5.41) is 16.0. The summed E-state index contributed by atoms with van der Waals surface area (Å²) in [6.45, 7) is 1.72. The Bertz CT molecular complexity index is 780. The van der Waals surface area contributed by atoms with Crippen molar-refractivity contribution in [2.24, 2.45) is 0 Å². The van der Waals surface area contributed by atoms with Crippen molar-refractivity contribution >= 4 is 16.5 Å². The molecular weight excluding hydrogens is 246 g/mol. The van der Waals surface area contributed by atoms with Gasteiger partial charge in [0.05, 0.1) is 10.3 Å². The minimum absolute atomic E-state index is 0.0654. The lowest BCUT2D eigenvalue weighted by Crippen LogP contribution is -1.90. The quantitative estimate of drug-likeness (QED) is 0.519. The average Bonchev–Trinajstić information content (AvgIpc) is 2.83. The van der Waals surface area contributed by atoms with Crippen molar-refractivity contribution in [1.29, 1.82) is 0 Å². The monoisotopic (exact) mass is 255 g/mol. The summed E-state index contributed by atoms with van der Waals surface area (Å²) in [5.41, 5.74) is 0.761. The third kappa shape index (κ3) is 1.83. The zero-order chi connectivity index (χ0) is 13.4. The first kappa shape index (κ1) is 11.3. The number of benzene rings is 2. The molecule has 1 aromatic heterocycles. The fraction of sp³-hybridized carbons (Fsp3) is 0.0769. The minimum Gasteiger partial charge on any atom is -0.334 e. The largest absolute Gasteiger partial charge is 0.334 e. The number of hydrogen-bond donors (Lipinski definition) is 0. The Morgan fingerprint density at radius 2 is 1.89 bits per heavy atom. The van der Waals surface area contributed by atoms with Gasteiger partial charge < -0.3 is 4.52 Å². The predicted molar refractivity (Wildman–Crippen MR) is 68.6 cm³/mol. The minimum atomic E-state index is -0.398. The van der Waals surface area contributed by atoms with Crippen LogP contribution in [-0.2, 0) is 0 Å². The van der Waals surface area contributed by atoms with Crippen molar-refractivity contribution < 1.29 is 9.45 Å². The second-order valence-corrected chi connectivity index (χ2v) is 4.08. The normalized spacial score (nSPS) is 10.8. The van der Waals surface area contributed by atoms with Crippen molar-refractivity contribution in [3.63, 3.8) is 0 Å². The van der Waals surface area contributed by atoms with E-state index in [1.54, 1.807) is 37.3 Å². The number of rotatable bonds is 2. The number of nitrogens with zero attached hydrogens (tertiary/aromatic N) is 3. The van der Waals surface area contributed by atoms with Gasteiger partial charge >= 0.3 is 0 Å².